The van der Waals surface area contributed by atoms with E-state index in [0.29, 0.717) is 0 Å². The Morgan fingerprint density at radius 2 is 1.69 bits per heavy atom. The normalized spacial score (nSPS) is 32.7. The summed E-state index contributed by atoms with van der Waals surface area (Å²) < 4.78 is 17.5. The van der Waals surface area contributed by atoms with Gasteiger partial charge in [-0.25, -0.2) is 4.79 Å². The second-order valence-corrected chi connectivity index (χ2v) is 6.55. The lowest BCUT2D eigenvalue weighted by molar-refractivity contribution is -0.286. The van der Waals surface area contributed by atoms with E-state index in [1.54, 1.807) is 0 Å². The maximum Gasteiger partial charge on any atom is 0.351 e. The molecule has 0 spiro atoms. The number of nitrogens with zero attached hydrogens (tertiary/aromatic N) is 1. The highest BCUT2D eigenvalue weighted by atomic mass is 16.7. The zero-order chi connectivity index (χ0) is 17.5. The van der Waals surface area contributed by atoms with E-state index in [0.717, 1.165) is 16.8 Å². The maximum atomic E-state index is 12.3. The van der Waals surface area contributed by atoms with Gasteiger partial charge in [0, 0.05) is 5.56 Å². The number of benzene rings is 2. The number of hydrogen-bond acceptors (Lipinski definition) is 6. The first-order valence-corrected chi connectivity index (χ1v) is 8.63. The molecule has 0 aromatic heterocycles. The monoisotopic (exact) mass is 351 g/mol. The molecule has 0 amide bonds. The highest BCUT2D eigenvalue weighted by Crippen LogP contribution is 2.40. The minimum atomic E-state index is -0.777. The van der Waals surface area contributed by atoms with Gasteiger partial charge in [-0.1, -0.05) is 65.8 Å². The number of carbonyl (C=O) groups is 1. The van der Waals surface area contributed by atoms with E-state index in [2.05, 4.69) is 5.16 Å². The molecule has 0 unspecified atom stereocenters. The summed E-state index contributed by atoms with van der Waals surface area (Å²) in [4.78, 5) is 17.7. The van der Waals surface area contributed by atoms with Crippen LogP contribution in [0.15, 0.2) is 65.8 Å². The van der Waals surface area contributed by atoms with Gasteiger partial charge in [0.2, 0.25) is 6.10 Å². The summed E-state index contributed by atoms with van der Waals surface area (Å²) >= 11 is 0. The third-order valence-corrected chi connectivity index (χ3v) is 4.96. The summed E-state index contributed by atoms with van der Waals surface area (Å²) in [6, 6.07) is 19.4. The highest BCUT2D eigenvalue weighted by molar-refractivity contribution is 6.06. The molecule has 3 aliphatic heterocycles. The van der Waals surface area contributed by atoms with Gasteiger partial charge in [0.15, 0.2) is 12.4 Å². The summed E-state index contributed by atoms with van der Waals surface area (Å²) in [6.07, 6.45) is -2.13. The van der Waals surface area contributed by atoms with Crippen LogP contribution in [0.1, 0.15) is 17.4 Å². The molecule has 3 heterocycles. The largest absolute Gasteiger partial charge is 0.454 e. The number of rotatable bonds is 2. The van der Waals surface area contributed by atoms with E-state index in [-0.39, 0.29) is 18.6 Å². The van der Waals surface area contributed by atoms with Crippen molar-refractivity contribution in [2.45, 2.75) is 24.6 Å². The van der Waals surface area contributed by atoms with E-state index < -0.39 is 24.5 Å². The molecule has 6 nitrogen and oxygen atoms in total. The fraction of sp³-hybridized carbons (Fsp3) is 0.300. The molecular formula is C20H17NO5. The molecule has 0 bridgehead atoms. The zero-order valence-corrected chi connectivity index (χ0v) is 13.9. The van der Waals surface area contributed by atoms with Gasteiger partial charge < -0.3 is 19.0 Å². The van der Waals surface area contributed by atoms with Gasteiger partial charge in [-0.2, -0.15) is 0 Å². The first-order valence-electron chi connectivity index (χ1n) is 8.63. The summed E-state index contributed by atoms with van der Waals surface area (Å²) in [5, 5.41) is 4.18. The van der Waals surface area contributed by atoms with Crippen LogP contribution < -0.4 is 0 Å². The molecular weight excluding hydrogens is 334 g/mol. The zero-order valence-electron chi connectivity index (χ0n) is 13.9. The topological polar surface area (TPSA) is 66.4 Å². The van der Waals surface area contributed by atoms with Crippen LogP contribution in [-0.4, -0.2) is 36.6 Å². The predicted octanol–water partition coefficient (Wildman–Crippen LogP) is 2.45. The van der Waals surface area contributed by atoms with Crippen LogP contribution in [0, 0.1) is 5.92 Å². The smallest absolute Gasteiger partial charge is 0.351 e. The van der Waals surface area contributed by atoms with Crippen LogP contribution in [0.4, 0.5) is 0 Å². The number of oxime groups is 1. The molecule has 0 aliphatic carbocycles. The van der Waals surface area contributed by atoms with Crippen molar-refractivity contribution >= 4 is 11.7 Å². The fourth-order valence-electron chi connectivity index (χ4n) is 3.72. The molecule has 0 saturated carbocycles. The minimum Gasteiger partial charge on any atom is -0.454 e. The molecule has 0 N–H and O–H groups in total. The second-order valence-electron chi connectivity index (χ2n) is 6.55. The number of fused-ring (bicyclic) bond motifs is 3. The molecule has 2 saturated heterocycles. The van der Waals surface area contributed by atoms with Crippen molar-refractivity contribution in [3.8, 4) is 0 Å². The third kappa shape index (κ3) is 2.50. The van der Waals surface area contributed by atoms with Gasteiger partial charge in [0.05, 0.1) is 18.2 Å². The van der Waals surface area contributed by atoms with Crippen molar-refractivity contribution in [2.24, 2.45) is 11.1 Å². The number of carbonyl (C=O) groups excluding carboxylic acids is 1. The SMILES string of the molecule is O=C1O[C@@H]2CO[C@@H](c3ccccc3)O[C@H]2[C@H]2C(c3ccccc3)=NO[C@@H]12. The van der Waals surface area contributed by atoms with E-state index in [1.165, 1.54) is 0 Å². The number of hydrogen-bond donors (Lipinski definition) is 0. The molecule has 26 heavy (non-hydrogen) atoms. The molecule has 6 heteroatoms. The maximum absolute atomic E-state index is 12.3. The van der Waals surface area contributed by atoms with Crippen molar-refractivity contribution < 1.29 is 23.8 Å². The van der Waals surface area contributed by atoms with Gasteiger partial charge in [-0.05, 0) is 5.56 Å². The molecule has 2 fully saturated rings. The number of ether oxygens (including phenoxy) is 3. The Hall–Kier alpha value is -2.70. The van der Waals surface area contributed by atoms with Gasteiger partial charge in [-0.3, -0.25) is 0 Å². The molecule has 0 radical (unpaired) electrons. The van der Waals surface area contributed by atoms with Crippen LogP contribution in [0.25, 0.3) is 0 Å². The van der Waals surface area contributed by atoms with Crippen LogP contribution in [0.5, 0.6) is 0 Å². The van der Waals surface area contributed by atoms with E-state index in [9.17, 15) is 4.79 Å². The Balaban J connectivity index is 1.48. The van der Waals surface area contributed by atoms with Crippen LogP contribution >= 0.6 is 0 Å². The van der Waals surface area contributed by atoms with E-state index in [4.69, 9.17) is 19.0 Å². The lowest BCUT2D eigenvalue weighted by Crippen LogP contribution is -2.58. The van der Waals surface area contributed by atoms with E-state index >= 15 is 0 Å². The van der Waals surface area contributed by atoms with Crippen molar-refractivity contribution in [2.75, 3.05) is 6.61 Å². The Morgan fingerprint density at radius 3 is 2.46 bits per heavy atom. The standard InChI is InChI=1S/C20H17NO5/c22-19-18-15(16(21-26-18)12-7-3-1-4-8-12)17-14(24-19)11-23-20(25-17)13-9-5-2-6-10-13/h1-10,14-15,17-18,20H,11H2/t14-,15-,17-,18-,20-/m1/s1. The van der Waals surface area contributed by atoms with Crippen molar-refractivity contribution in [3.63, 3.8) is 0 Å². The summed E-state index contributed by atoms with van der Waals surface area (Å²) in [5.74, 6) is -0.741. The summed E-state index contributed by atoms with van der Waals surface area (Å²) in [7, 11) is 0. The average Bonchev–Trinajstić information content (AvgIpc) is 3.15. The van der Waals surface area contributed by atoms with Gasteiger partial charge in [0.25, 0.3) is 0 Å². The summed E-state index contributed by atoms with van der Waals surface area (Å²) in [5.41, 5.74) is 2.56. The molecule has 5 atom stereocenters. The first kappa shape index (κ1) is 15.5. The Morgan fingerprint density at radius 1 is 0.962 bits per heavy atom. The van der Waals surface area contributed by atoms with Crippen molar-refractivity contribution in [3.05, 3.63) is 71.8 Å². The van der Waals surface area contributed by atoms with Gasteiger partial charge >= 0.3 is 5.97 Å². The number of esters is 1. The Labute approximate surface area is 150 Å². The van der Waals surface area contributed by atoms with Crippen molar-refractivity contribution in [1.82, 2.24) is 0 Å². The second kappa shape index (κ2) is 6.23. The molecule has 2 aromatic carbocycles. The molecule has 5 rings (SSSR count). The van der Waals surface area contributed by atoms with Crippen LogP contribution in [0.3, 0.4) is 0 Å². The third-order valence-electron chi connectivity index (χ3n) is 4.96. The van der Waals surface area contributed by atoms with E-state index in [1.807, 2.05) is 60.7 Å². The predicted molar refractivity (Wildman–Crippen MR) is 91.2 cm³/mol. The molecule has 3 aliphatic rings. The first-order chi connectivity index (χ1) is 12.8. The fourth-order valence-corrected chi connectivity index (χ4v) is 3.72. The van der Waals surface area contributed by atoms with Crippen LogP contribution in [-0.2, 0) is 23.8 Å². The quantitative estimate of drug-likeness (QED) is 0.778. The lowest BCUT2D eigenvalue weighted by atomic mass is 9.83. The highest BCUT2D eigenvalue weighted by Gasteiger charge is 2.56. The Bertz CT molecular complexity index is 838. The van der Waals surface area contributed by atoms with Gasteiger partial charge in [-0.15, -0.1) is 0 Å². The lowest BCUT2D eigenvalue weighted by Gasteiger charge is -2.42. The van der Waals surface area contributed by atoms with Crippen molar-refractivity contribution in [1.29, 1.82) is 0 Å². The Kier molecular flexibility index (Phi) is 3.72. The summed E-state index contributed by atoms with van der Waals surface area (Å²) in [6.45, 7) is 0.279. The molecule has 132 valence electrons. The average molecular weight is 351 g/mol. The van der Waals surface area contributed by atoms with Crippen LogP contribution in [0.2, 0.25) is 0 Å². The van der Waals surface area contributed by atoms with Gasteiger partial charge in [0.1, 0.15) is 6.10 Å². The minimum absolute atomic E-state index is 0.279. The molecule has 2 aromatic rings.